The van der Waals surface area contributed by atoms with Gasteiger partial charge in [-0.15, -0.1) is 0 Å². The molecule has 1 aromatic heterocycles. The predicted molar refractivity (Wildman–Crippen MR) is 315 cm³/mol. The molecule has 352 valence electrons. The van der Waals surface area contributed by atoms with Gasteiger partial charge in [0.1, 0.15) is 0 Å². The van der Waals surface area contributed by atoms with Crippen molar-refractivity contribution >= 4 is 38.9 Å². The molecule has 2 nitrogen and oxygen atoms in total. The Morgan fingerprint density at radius 3 is 1.25 bits per heavy atom. The first-order chi connectivity index (χ1) is 37.2. The van der Waals surface area contributed by atoms with Crippen LogP contribution in [0.5, 0.6) is 0 Å². The quantitative estimate of drug-likeness (QED) is 0.133. The zero-order chi connectivity index (χ0) is 49.7. The summed E-state index contributed by atoms with van der Waals surface area (Å²) in [5.41, 5.74) is 23.5. The number of benzene rings is 12. The van der Waals surface area contributed by atoms with E-state index in [1.807, 2.05) is 0 Å². The molecule has 0 fully saturated rings. The second-order valence-electron chi connectivity index (χ2n) is 19.6. The number of anilines is 3. The van der Waals surface area contributed by atoms with E-state index in [1.54, 1.807) is 0 Å². The van der Waals surface area contributed by atoms with E-state index in [2.05, 4.69) is 313 Å². The lowest BCUT2D eigenvalue weighted by Gasteiger charge is -2.34. The van der Waals surface area contributed by atoms with Crippen molar-refractivity contribution in [1.82, 2.24) is 4.57 Å². The van der Waals surface area contributed by atoms with Gasteiger partial charge < -0.3 is 9.47 Å². The normalized spacial score (nSPS) is 12.4. The molecule has 0 saturated heterocycles. The summed E-state index contributed by atoms with van der Waals surface area (Å²) >= 11 is 0. The Kier molecular flexibility index (Phi) is 10.8. The van der Waals surface area contributed by atoms with Crippen LogP contribution in [0.3, 0.4) is 0 Å². The van der Waals surface area contributed by atoms with Crippen molar-refractivity contribution < 1.29 is 0 Å². The Morgan fingerprint density at radius 1 is 0.253 bits per heavy atom. The molecule has 14 rings (SSSR count). The lowest BCUT2D eigenvalue weighted by atomic mass is 9.67. The summed E-state index contributed by atoms with van der Waals surface area (Å²) in [6, 6.07) is 111. The molecular formula is C73H50N2. The molecule has 12 aromatic carbocycles. The number of rotatable bonds is 10. The van der Waals surface area contributed by atoms with Gasteiger partial charge in [-0.3, -0.25) is 0 Å². The zero-order valence-corrected chi connectivity index (χ0v) is 41.3. The third kappa shape index (κ3) is 7.49. The first-order valence-corrected chi connectivity index (χ1v) is 25.9. The number of aromatic nitrogens is 1. The van der Waals surface area contributed by atoms with Crippen molar-refractivity contribution in [2.45, 2.75) is 5.41 Å². The Bertz CT molecular complexity index is 4060. The molecule has 1 aliphatic rings. The number of hydrogen-bond donors (Lipinski definition) is 0. The number of hydrogen-bond acceptors (Lipinski definition) is 1. The van der Waals surface area contributed by atoms with Gasteiger partial charge in [-0.2, -0.15) is 0 Å². The van der Waals surface area contributed by atoms with E-state index in [4.69, 9.17) is 0 Å². The summed E-state index contributed by atoms with van der Waals surface area (Å²) < 4.78 is 2.48. The highest BCUT2D eigenvalue weighted by Crippen LogP contribution is 2.56. The van der Waals surface area contributed by atoms with Gasteiger partial charge in [0, 0.05) is 33.5 Å². The molecule has 0 spiro atoms. The average molecular weight is 955 g/mol. The van der Waals surface area contributed by atoms with Gasteiger partial charge in [-0.05, 0) is 145 Å². The van der Waals surface area contributed by atoms with Crippen molar-refractivity contribution in [2.24, 2.45) is 0 Å². The van der Waals surface area contributed by atoms with Crippen LogP contribution < -0.4 is 4.90 Å². The summed E-state index contributed by atoms with van der Waals surface area (Å²) in [4.78, 5) is 2.35. The summed E-state index contributed by atoms with van der Waals surface area (Å²) in [6.07, 6.45) is 0. The van der Waals surface area contributed by atoms with Crippen molar-refractivity contribution in [3.63, 3.8) is 0 Å². The predicted octanol–water partition coefficient (Wildman–Crippen LogP) is 19.3. The molecule has 0 bridgehead atoms. The van der Waals surface area contributed by atoms with Crippen LogP contribution in [0, 0.1) is 0 Å². The summed E-state index contributed by atoms with van der Waals surface area (Å²) in [6.45, 7) is 0. The van der Waals surface area contributed by atoms with Crippen LogP contribution in [-0.2, 0) is 5.41 Å². The molecule has 2 heteroatoms. The van der Waals surface area contributed by atoms with Crippen molar-refractivity contribution in [2.75, 3.05) is 4.90 Å². The van der Waals surface area contributed by atoms with E-state index < -0.39 is 5.41 Å². The van der Waals surface area contributed by atoms with Gasteiger partial charge in [-0.25, -0.2) is 0 Å². The number of fused-ring (bicyclic) bond motifs is 6. The van der Waals surface area contributed by atoms with E-state index in [1.165, 1.54) is 94.1 Å². The minimum atomic E-state index is -0.492. The molecule has 1 heterocycles. The monoisotopic (exact) mass is 954 g/mol. The molecule has 0 saturated carbocycles. The lowest BCUT2D eigenvalue weighted by molar-refractivity contribution is 0.767. The molecule has 0 unspecified atom stereocenters. The van der Waals surface area contributed by atoms with Gasteiger partial charge in [0.15, 0.2) is 0 Å². The van der Waals surface area contributed by atoms with Crippen LogP contribution in [0.2, 0.25) is 0 Å². The molecule has 13 aromatic rings. The van der Waals surface area contributed by atoms with Crippen LogP contribution in [0.15, 0.2) is 303 Å². The largest absolute Gasteiger partial charge is 0.311 e. The minimum absolute atomic E-state index is 0.492. The van der Waals surface area contributed by atoms with Crippen LogP contribution in [0.4, 0.5) is 17.1 Å². The smallest absolute Gasteiger partial charge is 0.0714 e. The highest BCUT2D eigenvalue weighted by molar-refractivity contribution is 6.10. The Hall–Kier alpha value is -9.76. The van der Waals surface area contributed by atoms with E-state index >= 15 is 0 Å². The van der Waals surface area contributed by atoms with Crippen molar-refractivity contribution in [1.29, 1.82) is 0 Å². The van der Waals surface area contributed by atoms with E-state index in [9.17, 15) is 0 Å². The van der Waals surface area contributed by atoms with Gasteiger partial charge in [-0.1, -0.05) is 237 Å². The second-order valence-corrected chi connectivity index (χ2v) is 19.6. The van der Waals surface area contributed by atoms with Gasteiger partial charge in [0.05, 0.1) is 16.4 Å². The average Bonchev–Trinajstić information content (AvgIpc) is 4.12. The molecule has 0 atom stereocenters. The first-order valence-electron chi connectivity index (χ1n) is 25.9. The summed E-state index contributed by atoms with van der Waals surface area (Å²) in [7, 11) is 0. The highest BCUT2D eigenvalue weighted by Gasteiger charge is 2.46. The van der Waals surface area contributed by atoms with Crippen LogP contribution >= 0.6 is 0 Å². The zero-order valence-electron chi connectivity index (χ0n) is 41.3. The fourth-order valence-corrected chi connectivity index (χ4v) is 12.0. The maximum Gasteiger partial charge on any atom is 0.0714 e. The molecule has 0 aliphatic heterocycles. The third-order valence-corrected chi connectivity index (χ3v) is 15.5. The number of para-hydroxylation sites is 1. The summed E-state index contributed by atoms with van der Waals surface area (Å²) in [5.74, 6) is 0. The number of nitrogens with zero attached hydrogens (tertiary/aromatic N) is 2. The minimum Gasteiger partial charge on any atom is -0.311 e. The van der Waals surface area contributed by atoms with Crippen LogP contribution in [0.1, 0.15) is 22.3 Å². The third-order valence-electron chi connectivity index (χ3n) is 15.5. The fraction of sp³-hybridized carbons (Fsp3) is 0.0137. The molecule has 0 radical (unpaired) electrons. The van der Waals surface area contributed by atoms with Gasteiger partial charge >= 0.3 is 0 Å². The molecule has 0 N–H and O–H groups in total. The molecule has 0 amide bonds. The van der Waals surface area contributed by atoms with Crippen molar-refractivity contribution in [3.8, 4) is 61.3 Å². The van der Waals surface area contributed by atoms with E-state index in [0.29, 0.717) is 0 Å². The highest BCUT2D eigenvalue weighted by atomic mass is 15.1. The van der Waals surface area contributed by atoms with E-state index in [-0.39, 0.29) is 0 Å². The standard InChI is InChI=1S/C73H50N2/c1-5-18-51(19-6-1)53-32-39-61(40-33-53)74(62-41-34-54(35-42-62)52-20-7-2-8-21-52)63-43-36-55(37-44-63)56-22-17-23-57(48-56)58-38-46-68-67-29-14-16-31-71(67)75(72(68)49-58)64-45-47-66-65-28-13-15-30-69(65)73(70(66)50-64,59-24-9-3-10-25-59)60-26-11-4-12-27-60/h1-50H. The Morgan fingerprint density at radius 2 is 0.667 bits per heavy atom. The maximum absolute atomic E-state index is 2.48. The Balaban J connectivity index is 0.844. The van der Waals surface area contributed by atoms with Crippen LogP contribution in [-0.4, -0.2) is 4.57 Å². The topological polar surface area (TPSA) is 8.17 Å². The lowest BCUT2D eigenvalue weighted by Crippen LogP contribution is -2.28. The van der Waals surface area contributed by atoms with Crippen LogP contribution in [0.25, 0.3) is 83.1 Å². The molecular weight excluding hydrogens is 905 g/mol. The fourth-order valence-electron chi connectivity index (χ4n) is 12.0. The SMILES string of the molecule is c1ccc(-c2ccc(N(c3ccc(-c4ccccc4)cc3)c3ccc(-c4cccc(-c5ccc6c7ccccc7n(-c7ccc8c(c7)C(c7ccccc7)(c7ccccc7)c7ccccc7-8)c6c5)c4)cc3)cc2)cc1. The molecule has 75 heavy (non-hydrogen) atoms. The maximum atomic E-state index is 2.48. The van der Waals surface area contributed by atoms with Gasteiger partial charge in [0.25, 0.3) is 0 Å². The first kappa shape index (κ1) is 44.0. The van der Waals surface area contributed by atoms with E-state index in [0.717, 1.165) is 28.3 Å². The van der Waals surface area contributed by atoms with Crippen molar-refractivity contribution in [3.05, 3.63) is 326 Å². The summed E-state index contributed by atoms with van der Waals surface area (Å²) in [5, 5.41) is 2.47. The van der Waals surface area contributed by atoms with Gasteiger partial charge in [0.2, 0.25) is 0 Å². The molecule has 1 aliphatic carbocycles. The Labute approximate surface area is 438 Å². The second kappa shape index (κ2) is 18.4.